The highest BCUT2D eigenvalue weighted by Crippen LogP contribution is 2.40. The van der Waals surface area contributed by atoms with Crippen LogP contribution < -0.4 is 11.2 Å². The number of rotatable bonds is 2. The molecular formula is C10H9ClFN3O5. The first-order valence-corrected chi connectivity index (χ1v) is 5.55. The van der Waals surface area contributed by atoms with Gasteiger partial charge in [0.1, 0.15) is 18.4 Å². The maximum absolute atomic E-state index is 14.9. The van der Waals surface area contributed by atoms with Crippen molar-refractivity contribution >= 4 is 11.6 Å². The number of H-pyrrole nitrogens is 1. The Hall–Kier alpha value is -1.73. The summed E-state index contributed by atoms with van der Waals surface area (Å²) >= 11 is 5.13. The molecule has 1 aliphatic heterocycles. The second-order valence-electron chi connectivity index (χ2n) is 3.85. The second-order valence-corrected chi connectivity index (χ2v) is 4.04. The van der Waals surface area contributed by atoms with Gasteiger partial charge in [-0.3, -0.25) is 9.78 Å². The van der Waals surface area contributed by atoms with Crippen LogP contribution in [0, 0.1) is 11.3 Å². The number of ether oxygens (including phenoxy) is 1. The number of aromatic amines is 1. The number of halogens is 2. The number of aromatic nitrogens is 3. The average Bonchev–Trinajstić information content (AvgIpc) is 2.63. The minimum atomic E-state index is -3.13. The Morgan fingerprint density at radius 1 is 1.75 bits per heavy atom. The van der Waals surface area contributed by atoms with Crippen LogP contribution in [0.1, 0.15) is 8.97 Å². The predicted octanol–water partition coefficient (Wildman–Crippen LogP) is -1.91. The maximum Gasteiger partial charge on any atom is 0.347 e. The van der Waals surface area contributed by atoms with E-state index in [1.54, 1.807) is 16.3 Å². The summed E-state index contributed by atoms with van der Waals surface area (Å²) in [6, 6.07) is 0. The highest BCUT2D eigenvalue weighted by Gasteiger charge is 2.58. The number of hydrogen-bond donors (Lipinski definition) is 3. The first kappa shape index (κ1) is 12.0. The quantitative estimate of drug-likeness (QED) is 0.549. The smallest absolute Gasteiger partial charge is 0.347 e. The fourth-order valence-electron chi connectivity index (χ4n) is 1.75. The zero-order chi connectivity index (χ0) is 16.7. The molecule has 0 saturated carbocycles. The summed E-state index contributed by atoms with van der Waals surface area (Å²) in [4.78, 5) is 24.4. The fraction of sp³-hybridized carbons (Fsp3) is 0.500. The van der Waals surface area contributed by atoms with E-state index < -0.39 is 41.9 Å². The molecule has 20 heavy (non-hydrogen) atoms. The van der Waals surface area contributed by atoms with Crippen molar-refractivity contribution in [3.8, 4) is 11.3 Å². The van der Waals surface area contributed by atoms with Crippen LogP contribution in [-0.2, 0) is 4.74 Å². The minimum Gasteiger partial charge on any atom is -0.394 e. The van der Waals surface area contributed by atoms with Crippen molar-refractivity contribution in [2.75, 3.05) is 6.56 Å². The summed E-state index contributed by atoms with van der Waals surface area (Å²) < 4.78 is 34.4. The Labute approximate surface area is 118 Å². The molecule has 0 aromatic carbocycles. The molecule has 0 spiro atoms. The molecule has 1 aromatic rings. The molecule has 4 atom stereocenters. The van der Waals surface area contributed by atoms with Crippen molar-refractivity contribution in [2.45, 2.75) is 24.1 Å². The fourth-order valence-corrected chi connectivity index (χ4v) is 1.90. The number of nitrogens with zero attached hydrogens (tertiary/aromatic N) is 2. The highest BCUT2D eigenvalue weighted by atomic mass is 35.5. The Morgan fingerprint density at radius 2 is 2.45 bits per heavy atom. The van der Waals surface area contributed by atoms with Crippen LogP contribution in [0.3, 0.4) is 0 Å². The first-order valence-electron chi connectivity index (χ1n) is 6.17. The molecule has 1 saturated heterocycles. The van der Waals surface area contributed by atoms with E-state index in [0.29, 0.717) is 10.9 Å². The molecule has 1 fully saturated rings. The summed E-state index contributed by atoms with van der Waals surface area (Å²) in [5.74, 6) is 1.77. The normalized spacial score (nSPS) is 34.9. The Balaban J connectivity index is 2.59. The van der Waals surface area contributed by atoms with E-state index in [-0.39, 0.29) is 0 Å². The summed E-state index contributed by atoms with van der Waals surface area (Å²) in [6.45, 7) is -3.13. The summed E-state index contributed by atoms with van der Waals surface area (Å²) in [5, 5.41) is 24.2. The molecular weight excluding hydrogens is 297 g/mol. The van der Waals surface area contributed by atoms with E-state index in [1.165, 1.54) is 0 Å². The number of aliphatic hydroxyl groups is 2. The van der Waals surface area contributed by atoms with Gasteiger partial charge in [-0.15, -0.1) is 0 Å². The SMILES string of the molecule is [2H]C([2H])(O)[C@H]1O[C@@H](n2ncc(=O)[nH]c2=O)C(F)(C#CCl)[C@H]1O. The standard InChI is InChI=1S/C10H9ClFN3O5/c11-2-1-10(12)7(18)5(4-16)20-8(10)15-9(19)14-6(17)3-13-15/h3,5,7-8,16,18H,4H2,(H,14,17,19)/t5-,7+,8-,10?/m1/s1/i4D2. The molecule has 1 aliphatic rings. The highest BCUT2D eigenvalue weighted by molar-refractivity contribution is 6.30. The van der Waals surface area contributed by atoms with E-state index in [4.69, 9.17) is 19.1 Å². The Morgan fingerprint density at radius 3 is 3.00 bits per heavy atom. The van der Waals surface area contributed by atoms with Gasteiger partial charge in [0.25, 0.3) is 5.56 Å². The molecule has 8 nitrogen and oxygen atoms in total. The third kappa shape index (κ3) is 2.23. The van der Waals surface area contributed by atoms with Crippen LogP contribution >= 0.6 is 11.6 Å². The van der Waals surface area contributed by atoms with Crippen LogP contribution in [0.25, 0.3) is 0 Å². The van der Waals surface area contributed by atoms with Gasteiger partial charge < -0.3 is 14.9 Å². The third-order valence-electron chi connectivity index (χ3n) is 2.68. The summed E-state index contributed by atoms with van der Waals surface area (Å²) in [7, 11) is 0. The van der Waals surface area contributed by atoms with E-state index in [2.05, 4.69) is 5.10 Å². The lowest BCUT2D eigenvalue weighted by Crippen LogP contribution is -2.46. The average molecular weight is 308 g/mol. The summed E-state index contributed by atoms with van der Waals surface area (Å²) in [6.07, 6.45) is -5.73. The molecule has 0 radical (unpaired) electrons. The molecule has 1 aromatic heterocycles. The first-order chi connectivity index (χ1) is 10.1. The van der Waals surface area contributed by atoms with Gasteiger partial charge in [0, 0.05) is 5.38 Å². The zero-order valence-electron chi connectivity index (χ0n) is 11.6. The van der Waals surface area contributed by atoms with E-state index >= 15 is 0 Å². The Bertz CT molecular complexity index is 754. The van der Waals surface area contributed by atoms with Gasteiger partial charge in [-0.2, -0.15) is 9.78 Å². The van der Waals surface area contributed by atoms with Crippen molar-refractivity contribution < 1.29 is 22.1 Å². The largest absolute Gasteiger partial charge is 0.394 e. The summed E-state index contributed by atoms with van der Waals surface area (Å²) in [5.41, 5.74) is -5.08. The second kappa shape index (κ2) is 5.34. The monoisotopic (exact) mass is 307 g/mol. The number of aliphatic hydroxyl groups excluding tert-OH is 1. The van der Waals surface area contributed by atoms with Gasteiger partial charge in [-0.25, -0.2) is 9.18 Å². The van der Waals surface area contributed by atoms with Crippen molar-refractivity contribution in [3.05, 3.63) is 27.0 Å². The lowest BCUT2D eigenvalue weighted by atomic mass is 9.97. The van der Waals surface area contributed by atoms with Crippen LogP contribution in [0.15, 0.2) is 15.8 Å². The molecule has 10 heteroatoms. The molecule has 2 heterocycles. The lowest BCUT2D eigenvalue weighted by Gasteiger charge is -2.22. The topological polar surface area (TPSA) is 117 Å². The van der Waals surface area contributed by atoms with Crippen molar-refractivity contribution in [1.29, 1.82) is 0 Å². The van der Waals surface area contributed by atoms with Crippen molar-refractivity contribution in [2.24, 2.45) is 0 Å². The van der Waals surface area contributed by atoms with Gasteiger partial charge in [0.05, 0.1) is 9.30 Å². The van der Waals surface area contributed by atoms with Gasteiger partial charge in [-0.1, -0.05) is 0 Å². The van der Waals surface area contributed by atoms with Crippen LogP contribution in [0.4, 0.5) is 4.39 Å². The van der Waals surface area contributed by atoms with Gasteiger partial charge in [-0.05, 0) is 17.5 Å². The van der Waals surface area contributed by atoms with E-state index in [1.807, 2.05) is 0 Å². The number of alkyl halides is 1. The molecule has 108 valence electrons. The number of hydrogen-bond acceptors (Lipinski definition) is 6. The minimum absolute atomic E-state index is 0.317. The molecule has 3 N–H and O–H groups in total. The van der Waals surface area contributed by atoms with Crippen molar-refractivity contribution in [3.63, 3.8) is 0 Å². The molecule has 0 amide bonds. The van der Waals surface area contributed by atoms with E-state index in [0.717, 1.165) is 0 Å². The molecule has 1 unspecified atom stereocenters. The van der Waals surface area contributed by atoms with Crippen molar-refractivity contribution in [1.82, 2.24) is 14.8 Å². The number of nitrogens with one attached hydrogen (secondary N) is 1. The maximum atomic E-state index is 14.9. The Kier molecular flexibility index (Phi) is 3.21. The van der Waals surface area contributed by atoms with Crippen LogP contribution in [0.5, 0.6) is 0 Å². The van der Waals surface area contributed by atoms with Gasteiger partial charge >= 0.3 is 5.69 Å². The molecule has 0 bridgehead atoms. The lowest BCUT2D eigenvalue weighted by molar-refractivity contribution is -0.0611. The van der Waals surface area contributed by atoms with Crippen LogP contribution in [-0.4, -0.2) is 49.4 Å². The third-order valence-corrected chi connectivity index (χ3v) is 2.77. The predicted molar refractivity (Wildman–Crippen MR) is 63.6 cm³/mol. The molecule has 0 aliphatic carbocycles. The van der Waals surface area contributed by atoms with E-state index in [9.17, 15) is 24.2 Å². The molecule has 2 rings (SSSR count). The van der Waals surface area contributed by atoms with Gasteiger partial charge in [0.15, 0.2) is 0 Å². The van der Waals surface area contributed by atoms with Gasteiger partial charge in [0.2, 0.25) is 11.9 Å². The van der Waals surface area contributed by atoms with Crippen LogP contribution in [0.2, 0.25) is 0 Å². The zero-order valence-corrected chi connectivity index (χ0v) is 10.3.